The third kappa shape index (κ3) is 2.49. The minimum absolute atomic E-state index is 0.0838. The number of pyridine rings is 1. The molecule has 1 heterocycles. The van der Waals surface area contributed by atoms with Gasteiger partial charge >= 0.3 is 11.9 Å². The van der Waals surface area contributed by atoms with Crippen LogP contribution in [0.1, 0.15) is 45.1 Å². The number of alkyl halides is 1. The Hall–Kier alpha value is -1.43. The van der Waals surface area contributed by atoms with E-state index in [1.807, 2.05) is 0 Å². The first-order chi connectivity index (χ1) is 9.10. The van der Waals surface area contributed by atoms with Crippen molar-refractivity contribution in [1.82, 2.24) is 4.98 Å². The topological polar surface area (TPSA) is 65.5 Å². The molecule has 1 aromatic heterocycles. The standard InChI is InChI=1S/C13H14BrNO4/c1-18-12(16)7-3-4-10(14)8-5-15-6-9(11(7)8)13(17)19-2/h5-7,10H,3-4H2,1-2H3. The van der Waals surface area contributed by atoms with Gasteiger partial charge < -0.3 is 9.47 Å². The van der Waals surface area contributed by atoms with Crippen LogP contribution in [0.2, 0.25) is 0 Å². The number of fused-ring (bicyclic) bond motifs is 1. The van der Waals surface area contributed by atoms with Crippen LogP contribution in [-0.2, 0) is 14.3 Å². The van der Waals surface area contributed by atoms with E-state index in [1.165, 1.54) is 20.4 Å². The van der Waals surface area contributed by atoms with Gasteiger partial charge in [-0.25, -0.2) is 4.79 Å². The molecule has 0 aliphatic heterocycles. The van der Waals surface area contributed by atoms with Gasteiger partial charge in [0.15, 0.2) is 0 Å². The van der Waals surface area contributed by atoms with Crippen molar-refractivity contribution in [3.8, 4) is 0 Å². The van der Waals surface area contributed by atoms with Gasteiger partial charge in [-0.3, -0.25) is 9.78 Å². The normalized spacial score (nSPS) is 21.4. The molecule has 2 rings (SSSR count). The first-order valence-corrected chi connectivity index (χ1v) is 6.79. The summed E-state index contributed by atoms with van der Waals surface area (Å²) in [6.07, 6.45) is 4.53. The zero-order valence-corrected chi connectivity index (χ0v) is 12.3. The number of hydrogen-bond acceptors (Lipinski definition) is 5. The number of carbonyl (C=O) groups excluding carboxylic acids is 2. The summed E-state index contributed by atoms with van der Waals surface area (Å²) < 4.78 is 9.58. The fourth-order valence-corrected chi connectivity index (χ4v) is 3.02. The van der Waals surface area contributed by atoms with E-state index in [0.717, 1.165) is 12.0 Å². The number of ether oxygens (including phenoxy) is 2. The van der Waals surface area contributed by atoms with Gasteiger partial charge in [-0.15, -0.1) is 0 Å². The highest BCUT2D eigenvalue weighted by molar-refractivity contribution is 9.09. The average molecular weight is 328 g/mol. The largest absolute Gasteiger partial charge is 0.469 e. The minimum atomic E-state index is -0.486. The molecule has 5 nitrogen and oxygen atoms in total. The van der Waals surface area contributed by atoms with Crippen LogP contribution < -0.4 is 0 Å². The van der Waals surface area contributed by atoms with Crippen LogP contribution in [-0.4, -0.2) is 31.1 Å². The number of nitrogens with zero attached hydrogens (tertiary/aromatic N) is 1. The van der Waals surface area contributed by atoms with E-state index in [0.29, 0.717) is 17.5 Å². The number of methoxy groups -OCH3 is 2. The van der Waals surface area contributed by atoms with Crippen molar-refractivity contribution in [3.63, 3.8) is 0 Å². The van der Waals surface area contributed by atoms with Crippen molar-refractivity contribution in [1.29, 1.82) is 0 Å². The lowest BCUT2D eigenvalue weighted by molar-refractivity contribution is -0.142. The second kappa shape index (κ2) is 5.69. The average Bonchev–Trinajstić information content (AvgIpc) is 2.45. The number of halogens is 1. The lowest BCUT2D eigenvalue weighted by atomic mass is 9.81. The van der Waals surface area contributed by atoms with Gasteiger partial charge in [0.1, 0.15) is 0 Å². The Balaban J connectivity index is 2.58. The number of hydrogen-bond donors (Lipinski definition) is 0. The van der Waals surface area contributed by atoms with Crippen molar-refractivity contribution in [2.45, 2.75) is 23.6 Å². The van der Waals surface area contributed by atoms with E-state index in [2.05, 4.69) is 20.9 Å². The molecule has 0 saturated carbocycles. The SMILES string of the molecule is COC(=O)c1cncc2c1C(C(=O)OC)CCC2Br. The zero-order chi connectivity index (χ0) is 14.0. The molecule has 6 heteroatoms. The summed E-state index contributed by atoms with van der Waals surface area (Å²) in [5, 5.41) is 0. The summed E-state index contributed by atoms with van der Waals surface area (Å²) in [5.41, 5.74) is 1.85. The van der Waals surface area contributed by atoms with E-state index in [9.17, 15) is 9.59 Å². The van der Waals surface area contributed by atoms with Gasteiger partial charge in [-0.05, 0) is 24.0 Å². The monoisotopic (exact) mass is 327 g/mol. The maximum Gasteiger partial charge on any atom is 0.339 e. The van der Waals surface area contributed by atoms with Crippen molar-refractivity contribution in [2.24, 2.45) is 0 Å². The second-order valence-electron chi connectivity index (χ2n) is 4.30. The van der Waals surface area contributed by atoms with E-state index in [1.54, 1.807) is 6.20 Å². The Morgan fingerprint density at radius 3 is 2.63 bits per heavy atom. The summed E-state index contributed by atoms with van der Waals surface area (Å²) >= 11 is 3.55. The number of rotatable bonds is 2. The maximum absolute atomic E-state index is 11.9. The molecule has 19 heavy (non-hydrogen) atoms. The highest BCUT2D eigenvalue weighted by Crippen LogP contribution is 2.43. The summed E-state index contributed by atoms with van der Waals surface area (Å²) in [6.45, 7) is 0. The van der Waals surface area contributed by atoms with E-state index >= 15 is 0 Å². The molecule has 1 aliphatic rings. The van der Waals surface area contributed by atoms with Crippen LogP contribution in [0.15, 0.2) is 12.4 Å². The summed E-state index contributed by atoms with van der Waals surface area (Å²) in [7, 11) is 2.66. The van der Waals surface area contributed by atoms with Gasteiger partial charge in [0, 0.05) is 17.2 Å². The third-order valence-electron chi connectivity index (χ3n) is 3.30. The van der Waals surface area contributed by atoms with E-state index in [4.69, 9.17) is 9.47 Å². The lowest BCUT2D eigenvalue weighted by Crippen LogP contribution is -2.24. The fraction of sp³-hybridized carbons (Fsp3) is 0.462. The zero-order valence-electron chi connectivity index (χ0n) is 10.7. The van der Waals surface area contributed by atoms with Gasteiger partial charge in [0.25, 0.3) is 0 Å². The van der Waals surface area contributed by atoms with E-state index < -0.39 is 11.9 Å². The van der Waals surface area contributed by atoms with Gasteiger partial charge in [0.2, 0.25) is 0 Å². The molecule has 0 bridgehead atoms. The maximum atomic E-state index is 11.9. The molecule has 0 spiro atoms. The molecule has 0 saturated heterocycles. The van der Waals surface area contributed by atoms with Crippen LogP contribution >= 0.6 is 15.9 Å². The Kier molecular flexibility index (Phi) is 4.19. The number of aromatic nitrogens is 1. The molecule has 2 atom stereocenters. The molecule has 0 N–H and O–H groups in total. The molecular weight excluding hydrogens is 314 g/mol. The van der Waals surface area contributed by atoms with Gasteiger partial charge in [-0.2, -0.15) is 0 Å². The van der Waals surface area contributed by atoms with Crippen molar-refractivity contribution in [3.05, 3.63) is 29.1 Å². The predicted molar refractivity (Wildman–Crippen MR) is 71.2 cm³/mol. The molecule has 0 radical (unpaired) electrons. The van der Waals surface area contributed by atoms with Crippen molar-refractivity contribution in [2.75, 3.05) is 14.2 Å². The Labute approximate surface area is 119 Å². The molecule has 102 valence electrons. The van der Waals surface area contributed by atoms with Crippen LogP contribution in [0.25, 0.3) is 0 Å². The smallest absolute Gasteiger partial charge is 0.339 e. The number of carbonyl (C=O) groups is 2. The molecule has 1 aliphatic carbocycles. The predicted octanol–water partition coefficient (Wildman–Crippen LogP) is 2.35. The Morgan fingerprint density at radius 2 is 2.00 bits per heavy atom. The van der Waals surface area contributed by atoms with Crippen molar-refractivity contribution >= 4 is 27.9 Å². The van der Waals surface area contributed by atoms with Crippen LogP contribution in [0, 0.1) is 0 Å². The van der Waals surface area contributed by atoms with Gasteiger partial charge in [-0.1, -0.05) is 15.9 Å². The quantitative estimate of drug-likeness (QED) is 0.616. The molecule has 0 aromatic carbocycles. The highest BCUT2D eigenvalue weighted by atomic mass is 79.9. The third-order valence-corrected chi connectivity index (χ3v) is 4.26. The summed E-state index contributed by atoms with van der Waals surface area (Å²) in [4.78, 5) is 27.8. The Bertz CT molecular complexity index is 517. The van der Waals surface area contributed by atoms with E-state index in [-0.39, 0.29) is 10.8 Å². The molecule has 2 unspecified atom stereocenters. The minimum Gasteiger partial charge on any atom is -0.469 e. The van der Waals surface area contributed by atoms with Crippen LogP contribution in [0.4, 0.5) is 0 Å². The lowest BCUT2D eigenvalue weighted by Gasteiger charge is -2.28. The van der Waals surface area contributed by atoms with Crippen LogP contribution in [0.5, 0.6) is 0 Å². The highest BCUT2D eigenvalue weighted by Gasteiger charge is 2.35. The first-order valence-electron chi connectivity index (χ1n) is 5.88. The second-order valence-corrected chi connectivity index (χ2v) is 5.41. The number of esters is 2. The van der Waals surface area contributed by atoms with Gasteiger partial charge in [0.05, 0.1) is 25.7 Å². The Morgan fingerprint density at radius 1 is 1.26 bits per heavy atom. The van der Waals surface area contributed by atoms with Crippen molar-refractivity contribution < 1.29 is 19.1 Å². The molecule has 0 amide bonds. The summed E-state index contributed by atoms with van der Waals surface area (Å²) in [5.74, 6) is -1.26. The fourth-order valence-electron chi connectivity index (χ4n) is 2.39. The summed E-state index contributed by atoms with van der Waals surface area (Å²) in [6, 6.07) is 0. The molecular formula is C13H14BrNO4. The molecule has 1 aromatic rings. The molecule has 0 fully saturated rings. The van der Waals surface area contributed by atoms with Crippen LogP contribution in [0.3, 0.4) is 0 Å². The first kappa shape index (κ1) is 14.0.